The van der Waals surface area contributed by atoms with Gasteiger partial charge in [0.2, 0.25) is 0 Å². The average molecular weight is 303 g/mol. The quantitative estimate of drug-likeness (QED) is 0.808. The van der Waals surface area contributed by atoms with Crippen LogP contribution in [0.2, 0.25) is 0 Å². The Morgan fingerprint density at radius 3 is 2.86 bits per heavy atom. The Labute approximate surface area is 129 Å². The lowest BCUT2D eigenvalue weighted by molar-refractivity contribution is 0.294. The van der Waals surface area contributed by atoms with Gasteiger partial charge in [-0.3, -0.25) is 0 Å². The monoisotopic (exact) mass is 303 g/mol. The molecule has 21 heavy (non-hydrogen) atoms. The van der Waals surface area contributed by atoms with E-state index in [0.29, 0.717) is 12.6 Å². The number of methoxy groups -OCH3 is 1. The Morgan fingerprint density at radius 2 is 2.14 bits per heavy atom. The van der Waals surface area contributed by atoms with Crippen LogP contribution in [0.5, 0.6) is 11.5 Å². The minimum atomic E-state index is 0.678. The zero-order valence-electron chi connectivity index (χ0n) is 12.3. The summed E-state index contributed by atoms with van der Waals surface area (Å²) in [4.78, 5) is 1.35. The van der Waals surface area contributed by atoms with Gasteiger partial charge in [-0.15, -0.1) is 11.3 Å². The molecule has 1 saturated carbocycles. The van der Waals surface area contributed by atoms with Crippen LogP contribution in [-0.2, 0) is 13.0 Å². The van der Waals surface area contributed by atoms with Crippen LogP contribution in [0, 0.1) is 0 Å². The molecule has 0 saturated heterocycles. The van der Waals surface area contributed by atoms with Crippen LogP contribution in [-0.4, -0.2) is 19.8 Å². The van der Waals surface area contributed by atoms with Crippen molar-refractivity contribution in [2.75, 3.05) is 13.7 Å². The Hall–Kier alpha value is -1.52. The van der Waals surface area contributed by atoms with Crippen molar-refractivity contribution in [2.24, 2.45) is 0 Å². The third kappa shape index (κ3) is 3.99. The van der Waals surface area contributed by atoms with Gasteiger partial charge in [0, 0.05) is 29.4 Å². The van der Waals surface area contributed by atoms with Gasteiger partial charge in [-0.1, -0.05) is 18.2 Å². The summed E-state index contributed by atoms with van der Waals surface area (Å²) in [6, 6.07) is 11.0. The second kappa shape index (κ2) is 6.96. The number of ether oxygens (including phenoxy) is 2. The van der Waals surface area contributed by atoms with E-state index in [9.17, 15) is 0 Å². The second-order valence-electron chi connectivity index (χ2n) is 5.28. The van der Waals surface area contributed by atoms with Crippen molar-refractivity contribution < 1.29 is 9.47 Å². The van der Waals surface area contributed by atoms with Crippen molar-refractivity contribution in [2.45, 2.75) is 31.8 Å². The van der Waals surface area contributed by atoms with Crippen molar-refractivity contribution in [1.82, 2.24) is 5.32 Å². The lowest BCUT2D eigenvalue weighted by Crippen LogP contribution is -2.16. The van der Waals surface area contributed by atoms with Crippen LogP contribution in [0.15, 0.2) is 35.7 Å². The lowest BCUT2D eigenvalue weighted by Gasteiger charge is -2.15. The van der Waals surface area contributed by atoms with Crippen molar-refractivity contribution in [3.8, 4) is 11.5 Å². The van der Waals surface area contributed by atoms with Crippen LogP contribution >= 0.6 is 11.3 Å². The SMILES string of the molecule is COc1cccc(CNC2CC2)c1OCCc1cccs1. The molecule has 1 aliphatic carbocycles. The molecule has 1 aliphatic rings. The molecule has 0 bridgehead atoms. The van der Waals surface area contributed by atoms with Crippen molar-refractivity contribution >= 4 is 11.3 Å². The molecule has 3 rings (SSSR count). The number of thiophene rings is 1. The summed E-state index contributed by atoms with van der Waals surface area (Å²) in [5, 5.41) is 5.64. The number of rotatable bonds is 8. The molecule has 0 atom stereocenters. The first-order chi connectivity index (χ1) is 10.4. The molecule has 0 unspecified atom stereocenters. The van der Waals surface area contributed by atoms with E-state index in [4.69, 9.17) is 9.47 Å². The van der Waals surface area contributed by atoms with Crippen LogP contribution in [0.25, 0.3) is 0 Å². The van der Waals surface area contributed by atoms with Crippen LogP contribution in [0.3, 0.4) is 0 Å². The molecule has 1 heterocycles. The van der Waals surface area contributed by atoms with Gasteiger partial charge in [0.25, 0.3) is 0 Å². The Morgan fingerprint density at radius 1 is 1.24 bits per heavy atom. The predicted octanol–water partition coefficient (Wildman–Crippen LogP) is 3.63. The van der Waals surface area contributed by atoms with E-state index in [1.807, 2.05) is 12.1 Å². The lowest BCUT2D eigenvalue weighted by atomic mass is 10.2. The maximum atomic E-state index is 6.03. The number of para-hydroxylation sites is 1. The summed E-state index contributed by atoms with van der Waals surface area (Å²) < 4.78 is 11.5. The molecule has 112 valence electrons. The topological polar surface area (TPSA) is 30.5 Å². The highest BCUT2D eigenvalue weighted by atomic mass is 32.1. The van der Waals surface area contributed by atoms with Crippen molar-refractivity contribution in [3.63, 3.8) is 0 Å². The third-order valence-electron chi connectivity index (χ3n) is 3.61. The van der Waals surface area contributed by atoms with Gasteiger partial charge in [-0.2, -0.15) is 0 Å². The molecule has 3 nitrogen and oxygen atoms in total. The van der Waals surface area contributed by atoms with Gasteiger partial charge in [0.15, 0.2) is 11.5 Å². The van der Waals surface area contributed by atoms with Gasteiger partial charge in [0.05, 0.1) is 13.7 Å². The van der Waals surface area contributed by atoms with E-state index in [2.05, 4.69) is 28.9 Å². The molecule has 4 heteroatoms. The third-order valence-corrected chi connectivity index (χ3v) is 4.55. The molecule has 0 spiro atoms. The first-order valence-corrected chi connectivity index (χ1v) is 8.29. The van der Waals surface area contributed by atoms with Crippen molar-refractivity contribution in [1.29, 1.82) is 0 Å². The molecular formula is C17H21NO2S. The number of hydrogen-bond acceptors (Lipinski definition) is 4. The summed E-state index contributed by atoms with van der Waals surface area (Å²) in [6.45, 7) is 1.52. The first-order valence-electron chi connectivity index (χ1n) is 7.41. The fourth-order valence-corrected chi connectivity index (χ4v) is 2.97. The smallest absolute Gasteiger partial charge is 0.165 e. The maximum Gasteiger partial charge on any atom is 0.165 e. The fourth-order valence-electron chi connectivity index (χ4n) is 2.28. The summed E-state index contributed by atoms with van der Waals surface area (Å²) in [6.07, 6.45) is 3.52. The predicted molar refractivity (Wildman–Crippen MR) is 86.4 cm³/mol. The normalized spacial score (nSPS) is 14.1. The summed E-state index contributed by atoms with van der Waals surface area (Å²) in [5.41, 5.74) is 1.17. The molecule has 1 aromatic carbocycles. The minimum absolute atomic E-state index is 0.678. The van der Waals surface area contributed by atoms with Crippen LogP contribution in [0.4, 0.5) is 0 Å². The molecule has 0 aliphatic heterocycles. The van der Waals surface area contributed by atoms with Crippen LogP contribution < -0.4 is 14.8 Å². The summed E-state index contributed by atoms with van der Waals surface area (Å²) in [7, 11) is 1.69. The fraction of sp³-hybridized carbons (Fsp3) is 0.412. The minimum Gasteiger partial charge on any atom is -0.493 e. The summed E-state index contributed by atoms with van der Waals surface area (Å²) >= 11 is 1.77. The number of hydrogen-bond donors (Lipinski definition) is 1. The Kier molecular flexibility index (Phi) is 4.78. The van der Waals surface area contributed by atoms with E-state index in [1.165, 1.54) is 23.3 Å². The molecule has 0 amide bonds. The van der Waals surface area contributed by atoms with Crippen LogP contribution in [0.1, 0.15) is 23.3 Å². The second-order valence-corrected chi connectivity index (χ2v) is 6.31. The molecule has 1 fully saturated rings. The highest BCUT2D eigenvalue weighted by Gasteiger charge is 2.21. The molecule has 1 N–H and O–H groups in total. The highest BCUT2D eigenvalue weighted by molar-refractivity contribution is 7.09. The van der Waals surface area contributed by atoms with Gasteiger partial charge in [-0.25, -0.2) is 0 Å². The van der Waals surface area contributed by atoms with E-state index < -0.39 is 0 Å². The molecule has 1 aromatic heterocycles. The summed E-state index contributed by atoms with van der Waals surface area (Å²) in [5.74, 6) is 1.70. The van der Waals surface area contributed by atoms with E-state index >= 15 is 0 Å². The number of benzene rings is 1. The van der Waals surface area contributed by atoms with Gasteiger partial charge in [-0.05, 0) is 30.4 Å². The highest BCUT2D eigenvalue weighted by Crippen LogP contribution is 2.32. The van der Waals surface area contributed by atoms with E-state index in [1.54, 1.807) is 18.4 Å². The van der Waals surface area contributed by atoms with Gasteiger partial charge in [0.1, 0.15) is 0 Å². The van der Waals surface area contributed by atoms with Gasteiger partial charge >= 0.3 is 0 Å². The van der Waals surface area contributed by atoms with Gasteiger partial charge < -0.3 is 14.8 Å². The zero-order chi connectivity index (χ0) is 14.5. The van der Waals surface area contributed by atoms with Crippen molar-refractivity contribution in [3.05, 3.63) is 46.2 Å². The first kappa shape index (κ1) is 14.4. The largest absolute Gasteiger partial charge is 0.493 e. The maximum absolute atomic E-state index is 6.03. The van der Waals surface area contributed by atoms with E-state index in [0.717, 1.165) is 24.5 Å². The molecule has 0 radical (unpaired) electrons. The Balaban J connectivity index is 1.64. The van der Waals surface area contributed by atoms with E-state index in [-0.39, 0.29) is 0 Å². The average Bonchev–Trinajstić information content (AvgIpc) is 3.20. The molecule has 2 aromatic rings. The Bertz CT molecular complexity index is 564. The number of nitrogens with one attached hydrogen (secondary N) is 1. The molecular weight excluding hydrogens is 282 g/mol. The standard InChI is InChI=1S/C17H21NO2S/c1-19-16-6-2-4-13(12-18-14-7-8-14)17(16)20-10-9-15-5-3-11-21-15/h2-6,11,14,18H,7-10,12H2,1H3. The zero-order valence-corrected chi connectivity index (χ0v) is 13.1.